The summed E-state index contributed by atoms with van der Waals surface area (Å²) in [5.41, 5.74) is 0.401. The summed E-state index contributed by atoms with van der Waals surface area (Å²) in [6, 6.07) is 10.2. The van der Waals surface area contributed by atoms with Crippen molar-refractivity contribution in [2.75, 3.05) is 0 Å². The van der Waals surface area contributed by atoms with Crippen LogP contribution in [0.4, 0.5) is 8.78 Å². The zero-order valence-corrected chi connectivity index (χ0v) is 8.43. The van der Waals surface area contributed by atoms with Gasteiger partial charge in [0, 0.05) is 5.02 Å². The number of hydrogen-bond acceptors (Lipinski definition) is 0. The Kier molecular flexibility index (Phi) is 2.69. The fraction of sp³-hybridized carbons (Fsp3) is 0. The summed E-state index contributed by atoms with van der Waals surface area (Å²) in [6.45, 7) is 0. The van der Waals surface area contributed by atoms with Crippen molar-refractivity contribution < 1.29 is 8.78 Å². The molecule has 2 aromatic rings. The number of halogens is 3. The highest BCUT2D eigenvalue weighted by molar-refractivity contribution is 6.30. The van der Waals surface area contributed by atoms with E-state index >= 15 is 0 Å². The van der Waals surface area contributed by atoms with Gasteiger partial charge < -0.3 is 0 Å². The summed E-state index contributed by atoms with van der Waals surface area (Å²) in [4.78, 5) is 0. The Hall–Kier alpha value is -1.41. The van der Waals surface area contributed by atoms with Crippen molar-refractivity contribution in [3.8, 4) is 11.1 Å². The second-order valence-corrected chi connectivity index (χ2v) is 3.54. The smallest absolute Gasteiger partial charge is 0.133 e. The van der Waals surface area contributed by atoms with Crippen molar-refractivity contribution in [2.45, 2.75) is 0 Å². The highest BCUT2D eigenvalue weighted by Crippen LogP contribution is 2.27. The van der Waals surface area contributed by atoms with Crippen molar-refractivity contribution in [3.05, 3.63) is 59.1 Å². The van der Waals surface area contributed by atoms with E-state index in [9.17, 15) is 8.78 Å². The van der Waals surface area contributed by atoms with Crippen LogP contribution in [-0.2, 0) is 0 Å². The van der Waals surface area contributed by atoms with Gasteiger partial charge in [-0.05, 0) is 29.8 Å². The highest BCUT2D eigenvalue weighted by atomic mass is 35.5. The predicted octanol–water partition coefficient (Wildman–Crippen LogP) is 4.29. The standard InChI is InChI=1S/C12H7ClF2/c13-9-4-1-3-8(7-9)12-10(14)5-2-6-11(12)15/h1-7H. The quantitative estimate of drug-likeness (QED) is 0.678. The van der Waals surface area contributed by atoms with Crippen LogP contribution in [0.25, 0.3) is 11.1 Å². The van der Waals surface area contributed by atoms with Crippen molar-refractivity contribution in [1.82, 2.24) is 0 Å². The maximum Gasteiger partial charge on any atom is 0.133 e. The van der Waals surface area contributed by atoms with Crippen LogP contribution in [0.3, 0.4) is 0 Å². The molecule has 0 amide bonds. The molecular formula is C12H7ClF2. The van der Waals surface area contributed by atoms with Gasteiger partial charge in [0.2, 0.25) is 0 Å². The third-order valence-electron chi connectivity index (χ3n) is 2.08. The topological polar surface area (TPSA) is 0 Å². The minimum atomic E-state index is -0.586. The molecule has 0 heterocycles. The van der Waals surface area contributed by atoms with E-state index in [0.29, 0.717) is 10.6 Å². The average Bonchev–Trinajstić information content (AvgIpc) is 2.17. The molecule has 0 fully saturated rings. The molecule has 0 unspecified atom stereocenters. The van der Waals surface area contributed by atoms with Crippen LogP contribution in [0.5, 0.6) is 0 Å². The van der Waals surface area contributed by atoms with Gasteiger partial charge in [0.25, 0.3) is 0 Å². The maximum atomic E-state index is 13.4. The van der Waals surface area contributed by atoms with Crippen LogP contribution in [0, 0.1) is 11.6 Å². The molecule has 2 aromatic carbocycles. The summed E-state index contributed by atoms with van der Waals surface area (Å²) in [6.07, 6.45) is 0. The van der Waals surface area contributed by atoms with E-state index in [4.69, 9.17) is 11.6 Å². The van der Waals surface area contributed by atoms with Crippen LogP contribution >= 0.6 is 11.6 Å². The molecule has 0 N–H and O–H groups in total. The van der Waals surface area contributed by atoms with E-state index < -0.39 is 11.6 Å². The fourth-order valence-electron chi connectivity index (χ4n) is 1.42. The van der Waals surface area contributed by atoms with Gasteiger partial charge in [0.1, 0.15) is 11.6 Å². The lowest BCUT2D eigenvalue weighted by molar-refractivity contribution is 0.589. The molecule has 0 atom stereocenters. The Balaban J connectivity index is 2.63. The van der Waals surface area contributed by atoms with Gasteiger partial charge in [0.15, 0.2) is 0 Å². The maximum absolute atomic E-state index is 13.4. The minimum Gasteiger partial charge on any atom is -0.206 e. The third-order valence-corrected chi connectivity index (χ3v) is 2.31. The molecule has 2 rings (SSSR count). The van der Waals surface area contributed by atoms with Gasteiger partial charge >= 0.3 is 0 Å². The second-order valence-electron chi connectivity index (χ2n) is 3.11. The van der Waals surface area contributed by atoms with Gasteiger partial charge in [-0.2, -0.15) is 0 Å². The van der Waals surface area contributed by atoms with Crippen LogP contribution in [0.15, 0.2) is 42.5 Å². The third kappa shape index (κ3) is 2.00. The lowest BCUT2D eigenvalue weighted by Crippen LogP contribution is -1.88. The van der Waals surface area contributed by atoms with Gasteiger partial charge in [-0.15, -0.1) is 0 Å². The SMILES string of the molecule is Fc1cccc(F)c1-c1cccc(Cl)c1. The highest BCUT2D eigenvalue weighted by Gasteiger charge is 2.10. The van der Waals surface area contributed by atoms with E-state index in [-0.39, 0.29) is 5.56 Å². The van der Waals surface area contributed by atoms with Gasteiger partial charge in [-0.25, -0.2) is 8.78 Å². The van der Waals surface area contributed by atoms with Gasteiger partial charge in [0.05, 0.1) is 5.56 Å². The molecule has 0 saturated heterocycles. The fourth-order valence-corrected chi connectivity index (χ4v) is 1.61. The normalized spacial score (nSPS) is 10.3. The van der Waals surface area contributed by atoms with Crippen LogP contribution < -0.4 is 0 Å². The molecule has 0 aromatic heterocycles. The van der Waals surface area contributed by atoms with Crippen LogP contribution in [-0.4, -0.2) is 0 Å². The van der Waals surface area contributed by atoms with E-state index in [1.165, 1.54) is 24.3 Å². The van der Waals surface area contributed by atoms with E-state index in [1.54, 1.807) is 18.2 Å². The van der Waals surface area contributed by atoms with E-state index in [2.05, 4.69) is 0 Å². The lowest BCUT2D eigenvalue weighted by Gasteiger charge is -2.04. The van der Waals surface area contributed by atoms with E-state index in [0.717, 1.165) is 0 Å². The first-order valence-electron chi connectivity index (χ1n) is 4.38. The molecular weight excluding hydrogens is 218 g/mol. The number of benzene rings is 2. The molecule has 76 valence electrons. The minimum absolute atomic E-state index is 0.0417. The summed E-state index contributed by atoms with van der Waals surface area (Å²) < 4.78 is 26.8. The van der Waals surface area contributed by atoms with Crippen molar-refractivity contribution >= 4 is 11.6 Å². The molecule has 0 saturated carbocycles. The first kappa shape index (κ1) is 10.1. The van der Waals surface area contributed by atoms with Crippen molar-refractivity contribution in [3.63, 3.8) is 0 Å². The second kappa shape index (κ2) is 3.99. The molecule has 0 aliphatic rings. The first-order valence-corrected chi connectivity index (χ1v) is 4.76. The van der Waals surface area contributed by atoms with Crippen molar-refractivity contribution in [1.29, 1.82) is 0 Å². The van der Waals surface area contributed by atoms with Gasteiger partial charge in [-0.1, -0.05) is 29.8 Å². The lowest BCUT2D eigenvalue weighted by atomic mass is 10.0. The summed E-state index contributed by atoms with van der Waals surface area (Å²) >= 11 is 5.75. The monoisotopic (exact) mass is 224 g/mol. The number of hydrogen-bond donors (Lipinski definition) is 0. The van der Waals surface area contributed by atoms with Crippen LogP contribution in [0.1, 0.15) is 0 Å². The largest absolute Gasteiger partial charge is 0.206 e. The summed E-state index contributed by atoms with van der Waals surface area (Å²) in [5, 5.41) is 0.454. The molecule has 0 radical (unpaired) electrons. The average molecular weight is 225 g/mol. The zero-order chi connectivity index (χ0) is 10.8. The Morgan fingerprint density at radius 3 is 2.07 bits per heavy atom. The summed E-state index contributed by atoms with van der Waals surface area (Å²) in [7, 11) is 0. The van der Waals surface area contributed by atoms with Crippen molar-refractivity contribution in [2.24, 2.45) is 0 Å². The summed E-state index contributed by atoms with van der Waals surface area (Å²) in [5.74, 6) is -1.17. The predicted molar refractivity (Wildman–Crippen MR) is 56.8 cm³/mol. The molecule has 0 nitrogen and oxygen atoms in total. The molecule has 0 aliphatic carbocycles. The molecule has 15 heavy (non-hydrogen) atoms. The molecule has 3 heteroatoms. The molecule has 0 bridgehead atoms. The Bertz CT molecular complexity index is 474. The molecule has 0 aliphatic heterocycles. The zero-order valence-electron chi connectivity index (χ0n) is 7.68. The number of rotatable bonds is 1. The Labute approximate surface area is 91.1 Å². The first-order chi connectivity index (χ1) is 7.18. The van der Waals surface area contributed by atoms with Crippen LogP contribution in [0.2, 0.25) is 5.02 Å². The van der Waals surface area contributed by atoms with Gasteiger partial charge in [-0.3, -0.25) is 0 Å². The van der Waals surface area contributed by atoms with E-state index in [1.807, 2.05) is 0 Å². The Morgan fingerprint density at radius 2 is 1.47 bits per heavy atom. The molecule has 0 spiro atoms. The Morgan fingerprint density at radius 1 is 0.867 bits per heavy atom.